The summed E-state index contributed by atoms with van der Waals surface area (Å²) < 4.78 is 0. The maximum absolute atomic E-state index is 11.8. The van der Waals surface area contributed by atoms with Gasteiger partial charge >= 0.3 is 0 Å². The summed E-state index contributed by atoms with van der Waals surface area (Å²) in [5.41, 5.74) is 1.44. The highest BCUT2D eigenvalue weighted by Crippen LogP contribution is 2.10. The molecule has 0 unspecified atom stereocenters. The van der Waals surface area contributed by atoms with Crippen LogP contribution in [0.4, 0.5) is 0 Å². The largest absolute Gasteiger partial charge is 0.290 e. The molecular formula is C15H18O2. The number of carbonyl (C=O) groups is 2. The van der Waals surface area contributed by atoms with Crippen LogP contribution in [0.15, 0.2) is 35.9 Å². The van der Waals surface area contributed by atoms with Crippen molar-refractivity contribution in [3.63, 3.8) is 0 Å². The predicted molar refractivity (Wildman–Crippen MR) is 69.6 cm³/mol. The maximum Gasteiger partial charge on any atom is 0.224 e. The molecule has 0 saturated heterocycles. The van der Waals surface area contributed by atoms with Crippen LogP contribution in [0.5, 0.6) is 0 Å². The Balaban J connectivity index is 2.76. The fourth-order valence-electron chi connectivity index (χ4n) is 1.55. The lowest BCUT2D eigenvalue weighted by Crippen LogP contribution is -2.16. The highest BCUT2D eigenvalue weighted by Gasteiger charge is 2.16. The van der Waals surface area contributed by atoms with E-state index in [1.165, 1.54) is 0 Å². The second-order valence-corrected chi connectivity index (χ2v) is 4.59. The Hall–Kier alpha value is -1.70. The van der Waals surface area contributed by atoms with Crippen LogP contribution < -0.4 is 0 Å². The molecule has 0 N–H and O–H groups in total. The molecule has 0 saturated carbocycles. The molecule has 1 aromatic carbocycles. The van der Waals surface area contributed by atoms with Crippen LogP contribution in [0, 0.1) is 5.92 Å². The summed E-state index contributed by atoms with van der Waals surface area (Å²) in [7, 11) is 0. The third-order valence-electron chi connectivity index (χ3n) is 2.39. The zero-order chi connectivity index (χ0) is 12.8. The smallest absolute Gasteiger partial charge is 0.224 e. The number of ketones is 2. The Morgan fingerprint density at radius 1 is 1.18 bits per heavy atom. The van der Waals surface area contributed by atoms with Crippen molar-refractivity contribution in [2.24, 2.45) is 5.92 Å². The molecule has 0 radical (unpaired) electrons. The summed E-state index contributed by atoms with van der Waals surface area (Å²) in [5.74, 6) is -0.455. The lowest BCUT2D eigenvalue weighted by Gasteiger charge is -2.03. The molecule has 0 aliphatic carbocycles. The Morgan fingerprint density at radius 2 is 1.76 bits per heavy atom. The number of hydrogen-bond acceptors (Lipinski definition) is 2. The van der Waals surface area contributed by atoms with E-state index in [2.05, 4.69) is 0 Å². The molecule has 0 aliphatic heterocycles. The molecule has 0 aromatic heterocycles. The van der Waals surface area contributed by atoms with Crippen molar-refractivity contribution < 1.29 is 9.59 Å². The number of allylic oxidation sites excluding steroid dienone is 1. The highest BCUT2D eigenvalue weighted by atomic mass is 16.2. The zero-order valence-corrected chi connectivity index (χ0v) is 10.6. The van der Waals surface area contributed by atoms with Gasteiger partial charge in [-0.15, -0.1) is 0 Å². The molecule has 2 heteroatoms. The van der Waals surface area contributed by atoms with Crippen LogP contribution in [0.2, 0.25) is 0 Å². The first kappa shape index (κ1) is 13.4. The molecule has 17 heavy (non-hydrogen) atoms. The quantitative estimate of drug-likeness (QED) is 0.574. The first-order chi connectivity index (χ1) is 8.00. The van der Waals surface area contributed by atoms with Gasteiger partial charge in [-0.25, -0.2) is 0 Å². The van der Waals surface area contributed by atoms with Gasteiger partial charge in [0, 0.05) is 12.0 Å². The van der Waals surface area contributed by atoms with E-state index in [4.69, 9.17) is 0 Å². The van der Waals surface area contributed by atoms with Crippen molar-refractivity contribution >= 4 is 17.6 Å². The van der Waals surface area contributed by atoms with Crippen LogP contribution in [-0.2, 0) is 9.59 Å². The molecule has 0 aliphatic rings. The topological polar surface area (TPSA) is 34.1 Å². The minimum atomic E-state index is -0.373. The molecule has 2 nitrogen and oxygen atoms in total. The molecule has 0 bridgehead atoms. The van der Waals surface area contributed by atoms with Crippen molar-refractivity contribution in [1.82, 2.24) is 0 Å². The molecular weight excluding hydrogens is 212 g/mol. The van der Waals surface area contributed by atoms with E-state index in [0.717, 1.165) is 5.56 Å². The molecule has 0 fully saturated rings. The molecule has 0 atom stereocenters. The number of carbonyl (C=O) groups excluding carboxylic acids is 2. The van der Waals surface area contributed by atoms with Crippen LogP contribution >= 0.6 is 0 Å². The Morgan fingerprint density at radius 3 is 2.29 bits per heavy atom. The van der Waals surface area contributed by atoms with Crippen molar-refractivity contribution in [2.45, 2.75) is 27.2 Å². The van der Waals surface area contributed by atoms with E-state index in [9.17, 15) is 9.59 Å². The summed E-state index contributed by atoms with van der Waals surface area (Å²) in [6.45, 7) is 5.55. The molecule has 1 aromatic rings. The van der Waals surface area contributed by atoms with E-state index in [-0.39, 0.29) is 17.5 Å². The fourth-order valence-corrected chi connectivity index (χ4v) is 1.55. The number of hydrogen-bond donors (Lipinski definition) is 0. The SMILES string of the molecule is C/C(=C\c1ccccc1)C(=O)C(=O)CC(C)C. The molecule has 0 spiro atoms. The lowest BCUT2D eigenvalue weighted by atomic mass is 9.99. The number of rotatable bonds is 5. The number of Topliss-reactive ketones (excluding diaryl/α,β-unsaturated/α-hetero) is 2. The van der Waals surface area contributed by atoms with Gasteiger partial charge in [0.15, 0.2) is 0 Å². The third-order valence-corrected chi connectivity index (χ3v) is 2.39. The number of benzene rings is 1. The summed E-state index contributed by atoms with van der Waals surface area (Å²) >= 11 is 0. The van der Waals surface area contributed by atoms with Gasteiger partial charge in [0.2, 0.25) is 11.6 Å². The Kier molecular flexibility index (Phi) is 4.83. The molecule has 0 heterocycles. The molecule has 90 valence electrons. The van der Waals surface area contributed by atoms with Crippen LogP contribution in [-0.4, -0.2) is 11.6 Å². The summed E-state index contributed by atoms with van der Waals surface area (Å²) in [6, 6.07) is 9.53. The Bertz CT molecular complexity index is 427. The predicted octanol–water partition coefficient (Wildman–Crippen LogP) is 3.27. The maximum atomic E-state index is 11.8. The lowest BCUT2D eigenvalue weighted by molar-refractivity contribution is -0.134. The average Bonchev–Trinajstić information content (AvgIpc) is 2.28. The van der Waals surface area contributed by atoms with Crippen LogP contribution in [0.1, 0.15) is 32.8 Å². The van der Waals surface area contributed by atoms with Crippen molar-refractivity contribution in [2.75, 3.05) is 0 Å². The van der Waals surface area contributed by atoms with Gasteiger partial charge in [0.1, 0.15) is 0 Å². The van der Waals surface area contributed by atoms with Gasteiger partial charge in [-0.2, -0.15) is 0 Å². The van der Waals surface area contributed by atoms with Gasteiger partial charge < -0.3 is 0 Å². The highest BCUT2D eigenvalue weighted by molar-refractivity contribution is 6.44. The van der Waals surface area contributed by atoms with E-state index < -0.39 is 0 Å². The van der Waals surface area contributed by atoms with Gasteiger partial charge in [-0.3, -0.25) is 9.59 Å². The average molecular weight is 230 g/mol. The minimum Gasteiger partial charge on any atom is -0.290 e. The Labute approximate surface area is 102 Å². The monoisotopic (exact) mass is 230 g/mol. The summed E-state index contributed by atoms with van der Waals surface area (Å²) in [5, 5.41) is 0. The third kappa shape index (κ3) is 4.35. The normalized spacial score (nSPS) is 11.6. The van der Waals surface area contributed by atoms with Gasteiger partial charge in [0.25, 0.3) is 0 Å². The summed E-state index contributed by atoms with van der Waals surface area (Å²) in [6.07, 6.45) is 2.07. The summed E-state index contributed by atoms with van der Waals surface area (Å²) in [4.78, 5) is 23.4. The van der Waals surface area contributed by atoms with Crippen molar-refractivity contribution in [1.29, 1.82) is 0 Å². The van der Waals surface area contributed by atoms with Gasteiger partial charge in [-0.05, 0) is 24.5 Å². The van der Waals surface area contributed by atoms with E-state index >= 15 is 0 Å². The molecule has 1 rings (SSSR count). The fraction of sp³-hybridized carbons (Fsp3) is 0.333. The van der Waals surface area contributed by atoms with Crippen LogP contribution in [0.3, 0.4) is 0 Å². The van der Waals surface area contributed by atoms with E-state index in [1.54, 1.807) is 13.0 Å². The second kappa shape index (κ2) is 6.14. The van der Waals surface area contributed by atoms with E-state index in [1.807, 2.05) is 44.2 Å². The first-order valence-corrected chi connectivity index (χ1v) is 5.81. The van der Waals surface area contributed by atoms with Gasteiger partial charge in [-0.1, -0.05) is 44.2 Å². The second-order valence-electron chi connectivity index (χ2n) is 4.59. The zero-order valence-electron chi connectivity index (χ0n) is 10.6. The van der Waals surface area contributed by atoms with E-state index in [0.29, 0.717) is 12.0 Å². The van der Waals surface area contributed by atoms with Crippen molar-refractivity contribution in [3.8, 4) is 0 Å². The van der Waals surface area contributed by atoms with Crippen molar-refractivity contribution in [3.05, 3.63) is 41.5 Å². The molecule has 0 amide bonds. The van der Waals surface area contributed by atoms with Crippen LogP contribution in [0.25, 0.3) is 6.08 Å². The standard InChI is InChI=1S/C15H18O2/c1-11(2)9-14(16)15(17)12(3)10-13-7-5-4-6-8-13/h4-8,10-11H,9H2,1-3H3/b12-10+. The first-order valence-electron chi connectivity index (χ1n) is 5.81. The van der Waals surface area contributed by atoms with Gasteiger partial charge in [0.05, 0.1) is 0 Å². The minimum absolute atomic E-state index is 0.218.